The molecule has 118 valence electrons. The highest BCUT2D eigenvalue weighted by atomic mass is 16.5. The first-order chi connectivity index (χ1) is 9.60. The fraction of sp³-hybridized carbons (Fsp3) is 0.846. The number of ether oxygens (including phenoxy) is 2. The normalized spacial score (nSPS) is 11.9. The summed E-state index contributed by atoms with van der Waals surface area (Å²) in [6.45, 7) is 1.41. The summed E-state index contributed by atoms with van der Waals surface area (Å²) < 4.78 is 10.1. The molecule has 20 heavy (non-hydrogen) atoms. The van der Waals surface area contributed by atoms with Crippen LogP contribution in [0.5, 0.6) is 0 Å². The van der Waals surface area contributed by atoms with Crippen LogP contribution in [-0.2, 0) is 14.3 Å². The van der Waals surface area contributed by atoms with E-state index in [2.05, 4.69) is 10.6 Å². The Labute approximate surface area is 120 Å². The molecule has 0 radical (unpaired) electrons. The van der Waals surface area contributed by atoms with Gasteiger partial charge in [0, 0.05) is 33.7 Å². The number of hydrogen-bond acceptors (Lipinski definition) is 4. The molecule has 0 rings (SSSR count). The third-order valence-electron chi connectivity index (χ3n) is 2.78. The average molecular weight is 290 g/mol. The van der Waals surface area contributed by atoms with Gasteiger partial charge in [0.2, 0.25) is 0 Å². The van der Waals surface area contributed by atoms with E-state index in [4.69, 9.17) is 14.6 Å². The lowest BCUT2D eigenvalue weighted by Gasteiger charge is -2.15. The summed E-state index contributed by atoms with van der Waals surface area (Å²) in [5, 5.41) is 13.9. The molecule has 0 saturated heterocycles. The lowest BCUT2D eigenvalue weighted by Crippen LogP contribution is -2.41. The van der Waals surface area contributed by atoms with Crippen LogP contribution in [0.25, 0.3) is 0 Å². The predicted octanol–water partition coefficient (Wildman–Crippen LogP) is 0.982. The largest absolute Gasteiger partial charge is 0.481 e. The molecule has 0 aliphatic rings. The van der Waals surface area contributed by atoms with E-state index < -0.39 is 5.97 Å². The van der Waals surface area contributed by atoms with Crippen LogP contribution in [0.15, 0.2) is 0 Å². The van der Waals surface area contributed by atoms with E-state index in [9.17, 15) is 9.59 Å². The van der Waals surface area contributed by atoms with Crippen molar-refractivity contribution in [1.29, 1.82) is 0 Å². The highest BCUT2D eigenvalue weighted by Crippen LogP contribution is 2.02. The van der Waals surface area contributed by atoms with E-state index >= 15 is 0 Å². The van der Waals surface area contributed by atoms with Gasteiger partial charge >= 0.3 is 12.0 Å². The standard InChI is InChI=1S/C13H26N2O5/c1-19-10-11(20-2)9-15-13(18)14-8-6-4-3-5-7-12(16)17/h11H,3-10H2,1-2H3,(H,16,17)(H2,14,15,18). The second kappa shape index (κ2) is 12.7. The van der Waals surface area contributed by atoms with Gasteiger partial charge in [-0.3, -0.25) is 4.79 Å². The molecule has 0 fully saturated rings. The molecule has 0 aliphatic heterocycles. The minimum absolute atomic E-state index is 0.151. The Morgan fingerprint density at radius 1 is 1.10 bits per heavy atom. The summed E-state index contributed by atoms with van der Waals surface area (Å²) in [5.74, 6) is -0.758. The van der Waals surface area contributed by atoms with Crippen molar-refractivity contribution < 1.29 is 24.2 Å². The van der Waals surface area contributed by atoms with E-state index in [0.29, 0.717) is 26.1 Å². The van der Waals surface area contributed by atoms with Crippen LogP contribution in [0.1, 0.15) is 32.1 Å². The van der Waals surface area contributed by atoms with Gasteiger partial charge in [-0.25, -0.2) is 4.79 Å². The van der Waals surface area contributed by atoms with Crippen molar-refractivity contribution in [2.75, 3.05) is 33.9 Å². The van der Waals surface area contributed by atoms with Crippen molar-refractivity contribution in [2.45, 2.75) is 38.2 Å². The number of unbranched alkanes of at least 4 members (excludes halogenated alkanes) is 3. The van der Waals surface area contributed by atoms with Gasteiger partial charge in [0.25, 0.3) is 0 Å². The van der Waals surface area contributed by atoms with Crippen LogP contribution in [0.3, 0.4) is 0 Å². The lowest BCUT2D eigenvalue weighted by atomic mass is 10.1. The Kier molecular flexibility index (Phi) is 11.8. The molecule has 0 aromatic rings. The average Bonchev–Trinajstić information content (AvgIpc) is 2.42. The summed E-state index contributed by atoms with van der Waals surface area (Å²) in [5.41, 5.74) is 0. The maximum Gasteiger partial charge on any atom is 0.314 e. The van der Waals surface area contributed by atoms with Crippen molar-refractivity contribution in [3.05, 3.63) is 0 Å². The molecule has 2 amide bonds. The molecule has 7 nitrogen and oxygen atoms in total. The number of amides is 2. The monoisotopic (exact) mass is 290 g/mol. The zero-order valence-electron chi connectivity index (χ0n) is 12.3. The zero-order chi connectivity index (χ0) is 15.2. The highest BCUT2D eigenvalue weighted by molar-refractivity contribution is 5.73. The lowest BCUT2D eigenvalue weighted by molar-refractivity contribution is -0.137. The molecule has 0 bridgehead atoms. The van der Waals surface area contributed by atoms with Crippen LogP contribution in [0.2, 0.25) is 0 Å². The van der Waals surface area contributed by atoms with Crippen LogP contribution >= 0.6 is 0 Å². The second-order valence-corrected chi connectivity index (χ2v) is 4.51. The molecule has 7 heteroatoms. The molecule has 0 aliphatic carbocycles. The predicted molar refractivity (Wildman–Crippen MR) is 74.8 cm³/mol. The maximum absolute atomic E-state index is 11.4. The second-order valence-electron chi connectivity index (χ2n) is 4.51. The van der Waals surface area contributed by atoms with Crippen molar-refractivity contribution in [2.24, 2.45) is 0 Å². The number of carbonyl (C=O) groups excluding carboxylic acids is 1. The number of rotatable bonds is 12. The summed E-state index contributed by atoms with van der Waals surface area (Å²) >= 11 is 0. The highest BCUT2D eigenvalue weighted by Gasteiger charge is 2.08. The van der Waals surface area contributed by atoms with Gasteiger partial charge in [-0.15, -0.1) is 0 Å². The van der Waals surface area contributed by atoms with E-state index in [0.717, 1.165) is 19.3 Å². The fourth-order valence-electron chi connectivity index (χ4n) is 1.62. The zero-order valence-corrected chi connectivity index (χ0v) is 12.3. The Morgan fingerprint density at radius 2 is 1.80 bits per heavy atom. The maximum atomic E-state index is 11.4. The van der Waals surface area contributed by atoms with Gasteiger partial charge in [-0.05, 0) is 12.8 Å². The smallest absolute Gasteiger partial charge is 0.314 e. The van der Waals surface area contributed by atoms with Crippen molar-refractivity contribution >= 4 is 12.0 Å². The van der Waals surface area contributed by atoms with Gasteiger partial charge in [-0.1, -0.05) is 12.8 Å². The molecule has 0 heterocycles. The summed E-state index contributed by atoms with van der Waals surface area (Å²) in [6, 6.07) is -0.228. The number of aliphatic carboxylic acids is 1. The number of urea groups is 1. The summed E-state index contributed by atoms with van der Waals surface area (Å²) in [7, 11) is 3.15. The topological polar surface area (TPSA) is 96.9 Å². The van der Waals surface area contributed by atoms with Crippen molar-refractivity contribution in [3.8, 4) is 0 Å². The number of carboxylic acids is 1. The van der Waals surface area contributed by atoms with E-state index in [1.165, 1.54) is 0 Å². The van der Waals surface area contributed by atoms with E-state index in [-0.39, 0.29) is 18.6 Å². The number of nitrogens with one attached hydrogen (secondary N) is 2. The number of carbonyl (C=O) groups is 2. The molecule has 0 aromatic carbocycles. The van der Waals surface area contributed by atoms with Gasteiger partial charge < -0.3 is 25.2 Å². The van der Waals surface area contributed by atoms with Crippen LogP contribution in [-0.4, -0.2) is 57.1 Å². The SMILES string of the molecule is COCC(CNC(=O)NCCCCCCC(=O)O)OC. The van der Waals surface area contributed by atoms with Crippen molar-refractivity contribution in [1.82, 2.24) is 10.6 Å². The molecule has 1 atom stereocenters. The van der Waals surface area contributed by atoms with E-state index in [1.807, 2.05) is 0 Å². The Hall–Kier alpha value is -1.34. The minimum Gasteiger partial charge on any atom is -0.481 e. The first-order valence-corrected chi connectivity index (χ1v) is 6.85. The molecule has 3 N–H and O–H groups in total. The van der Waals surface area contributed by atoms with Crippen LogP contribution in [0, 0.1) is 0 Å². The number of methoxy groups -OCH3 is 2. The van der Waals surface area contributed by atoms with Crippen LogP contribution in [0.4, 0.5) is 4.79 Å². The Balaban J connectivity index is 3.42. The first kappa shape index (κ1) is 18.7. The quantitative estimate of drug-likeness (QED) is 0.466. The minimum atomic E-state index is -0.758. The molecular formula is C13H26N2O5. The van der Waals surface area contributed by atoms with E-state index in [1.54, 1.807) is 14.2 Å². The van der Waals surface area contributed by atoms with Gasteiger partial charge in [0.15, 0.2) is 0 Å². The third-order valence-corrected chi connectivity index (χ3v) is 2.78. The Bertz CT molecular complexity index is 273. The molecule has 1 unspecified atom stereocenters. The molecule has 0 spiro atoms. The van der Waals surface area contributed by atoms with Gasteiger partial charge in [0.05, 0.1) is 12.7 Å². The van der Waals surface area contributed by atoms with Gasteiger partial charge in [-0.2, -0.15) is 0 Å². The molecule has 0 saturated carbocycles. The fourth-order valence-corrected chi connectivity index (χ4v) is 1.62. The first-order valence-electron chi connectivity index (χ1n) is 6.85. The number of hydrogen-bond donors (Lipinski definition) is 3. The third kappa shape index (κ3) is 11.7. The summed E-state index contributed by atoms with van der Waals surface area (Å²) in [6.07, 6.45) is 3.38. The number of carboxylic acid groups (broad SMARTS) is 1. The Morgan fingerprint density at radius 3 is 2.40 bits per heavy atom. The molecular weight excluding hydrogens is 264 g/mol. The van der Waals surface area contributed by atoms with Gasteiger partial charge in [0.1, 0.15) is 0 Å². The van der Waals surface area contributed by atoms with Crippen molar-refractivity contribution in [3.63, 3.8) is 0 Å². The molecule has 0 aromatic heterocycles. The van der Waals surface area contributed by atoms with Crippen LogP contribution < -0.4 is 10.6 Å². The summed E-state index contributed by atoms with van der Waals surface area (Å²) in [4.78, 5) is 21.7.